The molecule has 1 aromatic rings. The van der Waals surface area contributed by atoms with Crippen LogP contribution in [-0.4, -0.2) is 26.2 Å². The van der Waals surface area contributed by atoms with Crippen LogP contribution in [0.1, 0.15) is 38.2 Å². The van der Waals surface area contributed by atoms with E-state index in [-0.39, 0.29) is 12.3 Å². The van der Waals surface area contributed by atoms with Crippen molar-refractivity contribution in [1.29, 1.82) is 5.26 Å². The van der Waals surface area contributed by atoms with E-state index in [9.17, 15) is 4.79 Å². The Kier molecular flexibility index (Phi) is 8.51. The van der Waals surface area contributed by atoms with E-state index in [0.717, 1.165) is 36.3 Å². The zero-order valence-electron chi connectivity index (χ0n) is 13.4. The molecule has 0 heterocycles. The first-order valence-electron chi connectivity index (χ1n) is 7.64. The first-order valence-corrected chi connectivity index (χ1v) is 7.64. The number of hydrogen-bond donors (Lipinski definition) is 1. The number of methoxy groups -OCH3 is 1. The van der Waals surface area contributed by atoms with Crippen LogP contribution < -0.4 is 14.8 Å². The normalized spacial score (nSPS) is 9.86. The average Bonchev–Trinajstić information content (AvgIpc) is 2.53. The molecule has 120 valence electrons. The van der Waals surface area contributed by atoms with Crippen LogP contribution in [0.2, 0.25) is 0 Å². The van der Waals surface area contributed by atoms with Gasteiger partial charge in [-0.25, -0.2) is 0 Å². The first kappa shape index (κ1) is 17.8. The highest BCUT2D eigenvalue weighted by molar-refractivity contribution is 5.77. The standard InChI is InChI=1S/C17H24N2O3/c1-3-4-5-12-22-16-13-15(21-2)7-6-14(16)9-11-19-17(20)8-10-18/h6-7,13H,3-5,8-9,11-12H2,1-2H3,(H,19,20). The van der Waals surface area contributed by atoms with Gasteiger partial charge in [-0.1, -0.05) is 25.8 Å². The van der Waals surface area contributed by atoms with Gasteiger partial charge in [0, 0.05) is 12.6 Å². The molecule has 0 spiro atoms. The number of nitrogens with zero attached hydrogens (tertiary/aromatic N) is 1. The lowest BCUT2D eigenvalue weighted by molar-refractivity contribution is -0.120. The lowest BCUT2D eigenvalue weighted by Gasteiger charge is -2.13. The molecule has 0 saturated heterocycles. The fraction of sp³-hybridized carbons (Fsp3) is 0.529. The average molecular weight is 304 g/mol. The van der Waals surface area contributed by atoms with E-state index in [2.05, 4.69) is 12.2 Å². The Morgan fingerprint density at radius 3 is 2.86 bits per heavy atom. The van der Waals surface area contributed by atoms with Crippen molar-refractivity contribution in [3.63, 3.8) is 0 Å². The second kappa shape index (κ2) is 10.5. The predicted molar refractivity (Wildman–Crippen MR) is 85.0 cm³/mol. The number of unbranched alkanes of at least 4 members (excludes halogenated alkanes) is 2. The van der Waals surface area contributed by atoms with Crippen LogP contribution in [0.15, 0.2) is 18.2 Å². The van der Waals surface area contributed by atoms with Gasteiger partial charge in [-0.05, 0) is 24.5 Å². The number of benzene rings is 1. The van der Waals surface area contributed by atoms with Crippen molar-refractivity contribution in [2.75, 3.05) is 20.3 Å². The van der Waals surface area contributed by atoms with E-state index in [1.807, 2.05) is 24.3 Å². The lowest BCUT2D eigenvalue weighted by Crippen LogP contribution is -2.25. The smallest absolute Gasteiger partial charge is 0.234 e. The van der Waals surface area contributed by atoms with Crippen LogP contribution in [-0.2, 0) is 11.2 Å². The van der Waals surface area contributed by atoms with E-state index in [1.165, 1.54) is 0 Å². The topological polar surface area (TPSA) is 71.3 Å². The van der Waals surface area contributed by atoms with Gasteiger partial charge in [-0.3, -0.25) is 4.79 Å². The van der Waals surface area contributed by atoms with Crippen molar-refractivity contribution in [1.82, 2.24) is 5.32 Å². The highest BCUT2D eigenvalue weighted by Gasteiger charge is 2.07. The highest BCUT2D eigenvalue weighted by atomic mass is 16.5. The van der Waals surface area contributed by atoms with Gasteiger partial charge in [0.2, 0.25) is 5.91 Å². The Balaban J connectivity index is 2.59. The zero-order valence-corrected chi connectivity index (χ0v) is 13.4. The Hall–Kier alpha value is -2.22. The van der Waals surface area contributed by atoms with Gasteiger partial charge in [0.25, 0.3) is 0 Å². The van der Waals surface area contributed by atoms with E-state index in [4.69, 9.17) is 14.7 Å². The minimum atomic E-state index is -0.249. The number of amides is 1. The minimum absolute atomic E-state index is 0.108. The molecule has 0 unspecified atom stereocenters. The molecular formula is C17H24N2O3. The summed E-state index contributed by atoms with van der Waals surface area (Å²) in [7, 11) is 1.62. The third kappa shape index (κ3) is 6.49. The molecule has 1 N–H and O–H groups in total. The lowest BCUT2D eigenvalue weighted by atomic mass is 10.1. The molecule has 0 saturated carbocycles. The Morgan fingerprint density at radius 2 is 2.18 bits per heavy atom. The summed E-state index contributed by atoms with van der Waals surface area (Å²) in [6.07, 6.45) is 3.86. The third-order valence-electron chi connectivity index (χ3n) is 3.24. The highest BCUT2D eigenvalue weighted by Crippen LogP contribution is 2.25. The fourth-order valence-corrected chi connectivity index (χ4v) is 2.01. The van der Waals surface area contributed by atoms with Crippen molar-refractivity contribution in [2.45, 2.75) is 39.0 Å². The zero-order chi connectivity index (χ0) is 16.2. The molecule has 5 heteroatoms. The molecule has 0 atom stereocenters. The van der Waals surface area contributed by atoms with Crippen LogP contribution in [0, 0.1) is 11.3 Å². The van der Waals surface area contributed by atoms with Gasteiger partial charge < -0.3 is 14.8 Å². The molecule has 0 aromatic heterocycles. The molecule has 0 aliphatic carbocycles. The molecule has 1 rings (SSSR count). The van der Waals surface area contributed by atoms with E-state index < -0.39 is 0 Å². The number of nitriles is 1. The van der Waals surface area contributed by atoms with Crippen LogP contribution in [0.3, 0.4) is 0 Å². The van der Waals surface area contributed by atoms with Gasteiger partial charge in [0.15, 0.2) is 0 Å². The summed E-state index contributed by atoms with van der Waals surface area (Å²) >= 11 is 0. The van der Waals surface area contributed by atoms with Gasteiger partial charge in [-0.2, -0.15) is 5.26 Å². The predicted octanol–water partition coefficient (Wildman–Crippen LogP) is 2.84. The van der Waals surface area contributed by atoms with Gasteiger partial charge in [0.1, 0.15) is 17.9 Å². The maximum absolute atomic E-state index is 11.3. The van der Waals surface area contributed by atoms with Crippen molar-refractivity contribution in [3.05, 3.63) is 23.8 Å². The summed E-state index contributed by atoms with van der Waals surface area (Å²) < 4.78 is 11.1. The molecule has 0 aliphatic rings. The molecule has 1 amide bonds. The van der Waals surface area contributed by atoms with E-state index >= 15 is 0 Å². The van der Waals surface area contributed by atoms with Gasteiger partial charge in [-0.15, -0.1) is 0 Å². The second-order valence-corrected chi connectivity index (χ2v) is 4.96. The summed E-state index contributed by atoms with van der Waals surface area (Å²) in [6, 6.07) is 7.53. The Labute approximate surface area is 132 Å². The van der Waals surface area contributed by atoms with Gasteiger partial charge >= 0.3 is 0 Å². The summed E-state index contributed by atoms with van der Waals surface area (Å²) in [6.45, 7) is 3.31. The number of nitrogens with one attached hydrogen (secondary N) is 1. The van der Waals surface area contributed by atoms with Crippen molar-refractivity contribution >= 4 is 5.91 Å². The van der Waals surface area contributed by atoms with Gasteiger partial charge in [0.05, 0.1) is 19.8 Å². The number of carbonyl (C=O) groups excluding carboxylic acids is 1. The van der Waals surface area contributed by atoms with Crippen molar-refractivity contribution in [3.8, 4) is 17.6 Å². The third-order valence-corrected chi connectivity index (χ3v) is 3.24. The quantitative estimate of drug-likeness (QED) is 0.675. The molecule has 22 heavy (non-hydrogen) atoms. The first-order chi connectivity index (χ1) is 10.7. The molecule has 0 aliphatic heterocycles. The number of carbonyl (C=O) groups is 1. The van der Waals surface area contributed by atoms with Crippen molar-refractivity contribution in [2.24, 2.45) is 0 Å². The van der Waals surface area contributed by atoms with Crippen molar-refractivity contribution < 1.29 is 14.3 Å². The molecule has 5 nitrogen and oxygen atoms in total. The fourth-order valence-electron chi connectivity index (χ4n) is 2.01. The second-order valence-electron chi connectivity index (χ2n) is 4.96. The summed E-state index contributed by atoms with van der Waals surface area (Å²) in [5.41, 5.74) is 1.02. The molecule has 0 fully saturated rings. The minimum Gasteiger partial charge on any atom is -0.497 e. The van der Waals surface area contributed by atoms with Crippen LogP contribution >= 0.6 is 0 Å². The maximum Gasteiger partial charge on any atom is 0.234 e. The molecule has 0 bridgehead atoms. The molecule has 0 radical (unpaired) electrons. The molecule has 1 aromatic carbocycles. The van der Waals surface area contributed by atoms with E-state index in [0.29, 0.717) is 19.6 Å². The van der Waals surface area contributed by atoms with Crippen LogP contribution in [0.25, 0.3) is 0 Å². The Bertz CT molecular complexity index is 509. The number of rotatable bonds is 10. The van der Waals surface area contributed by atoms with Crippen LogP contribution in [0.5, 0.6) is 11.5 Å². The van der Waals surface area contributed by atoms with E-state index in [1.54, 1.807) is 7.11 Å². The Morgan fingerprint density at radius 1 is 1.36 bits per heavy atom. The maximum atomic E-state index is 11.3. The summed E-state index contributed by atoms with van der Waals surface area (Å²) in [5, 5.41) is 11.2. The van der Waals surface area contributed by atoms with Crippen LogP contribution in [0.4, 0.5) is 0 Å². The SMILES string of the molecule is CCCCCOc1cc(OC)ccc1CCNC(=O)CC#N. The monoisotopic (exact) mass is 304 g/mol. The summed E-state index contributed by atoms with van der Waals surface area (Å²) in [5.74, 6) is 1.30. The molecular weight excluding hydrogens is 280 g/mol. The number of hydrogen-bond acceptors (Lipinski definition) is 4. The summed E-state index contributed by atoms with van der Waals surface area (Å²) in [4.78, 5) is 11.3. The largest absolute Gasteiger partial charge is 0.497 e. The number of ether oxygens (including phenoxy) is 2.